The molecule has 0 saturated carbocycles. The van der Waals surface area contributed by atoms with Crippen molar-refractivity contribution in [1.29, 1.82) is 0 Å². The summed E-state index contributed by atoms with van der Waals surface area (Å²) in [6.45, 7) is 2.78. The third-order valence-corrected chi connectivity index (χ3v) is 3.60. The van der Waals surface area contributed by atoms with Gasteiger partial charge in [-0.1, -0.05) is 42.5 Å². The van der Waals surface area contributed by atoms with Gasteiger partial charge in [0.1, 0.15) is 6.04 Å². The van der Waals surface area contributed by atoms with Gasteiger partial charge in [0.2, 0.25) is 5.91 Å². The predicted molar refractivity (Wildman–Crippen MR) is 97.1 cm³/mol. The molecule has 0 radical (unpaired) electrons. The molecule has 2 rings (SSSR count). The molecule has 132 valence electrons. The van der Waals surface area contributed by atoms with Gasteiger partial charge in [-0.25, -0.2) is 4.79 Å². The molecular weight excluding hydrogens is 318 g/mol. The monoisotopic (exact) mass is 341 g/mol. The number of ether oxygens (including phenoxy) is 1. The van der Waals surface area contributed by atoms with Crippen molar-refractivity contribution in [2.45, 2.75) is 26.0 Å². The maximum Gasteiger partial charge on any atom is 0.318 e. The Kier molecular flexibility index (Phi) is 6.98. The molecule has 0 saturated heterocycles. The molecule has 6 heteroatoms. The quantitative estimate of drug-likeness (QED) is 0.643. The van der Waals surface area contributed by atoms with Gasteiger partial charge >= 0.3 is 6.03 Å². The zero-order valence-electron chi connectivity index (χ0n) is 14.2. The Bertz CT molecular complexity index is 704. The average molecular weight is 341 g/mol. The molecule has 0 unspecified atom stereocenters. The van der Waals surface area contributed by atoms with Crippen LogP contribution in [0.3, 0.4) is 0 Å². The van der Waals surface area contributed by atoms with E-state index < -0.39 is 18.0 Å². The zero-order chi connectivity index (χ0) is 18.1. The molecule has 1 atom stereocenters. The van der Waals surface area contributed by atoms with Crippen molar-refractivity contribution in [3.8, 4) is 0 Å². The molecule has 0 aromatic heterocycles. The number of primary amides is 1. The van der Waals surface area contributed by atoms with E-state index in [9.17, 15) is 9.59 Å². The molecule has 4 N–H and O–H groups in total. The minimum atomic E-state index is -0.862. The first-order chi connectivity index (χ1) is 12.0. The molecule has 0 aliphatic carbocycles. The van der Waals surface area contributed by atoms with Crippen LogP contribution in [0.1, 0.15) is 18.1 Å². The van der Waals surface area contributed by atoms with E-state index in [2.05, 4.69) is 17.4 Å². The van der Waals surface area contributed by atoms with Gasteiger partial charge < -0.3 is 15.8 Å². The Morgan fingerprint density at radius 1 is 1.08 bits per heavy atom. The lowest BCUT2D eigenvalue weighted by molar-refractivity contribution is -0.120. The first kappa shape index (κ1) is 18.5. The number of carbonyl (C=O) groups is 2. The SMILES string of the molecule is C[C@H](Nc1cccc(COCCc2ccccc2)c1)C(=O)NC(N)=O. The highest BCUT2D eigenvalue weighted by atomic mass is 16.5. The Morgan fingerprint density at radius 2 is 1.80 bits per heavy atom. The summed E-state index contributed by atoms with van der Waals surface area (Å²) >= 11 is 0. The number of nitrogens with two attached hydrogens (primary N) is 1. The topological polar surface area (TPSA) is 93.4 Å². The van der Waals surface area contributed by atoms with Gasteiger partial charge in [-0.3, -0.25) is 10.1 Å². The largest absolute Gasteiger partial charge is 0.376 e. The van der Waals surface area contributed by atoms with Gasteiger partial charge in [0, 0.05) is 5.69 Å². The van der Waals surface area contributed by atoms with E-state index in [1.165, 1.54) is 5.56 Å². The number of urea groups is 1. The normalized spacial score (nSPS) is 11.6. The van der Waals surface area contributed by atoms with E-state index in [1.54, 1.807) is 6.92 Å². The zero-order valence-corrected chi connectivity index (χ0v) is 14.2. The van der Waals surface area contributed by atoms with Gasteiger partial charge in [-0.2, -0.15) is 0 Å². The van der Waals surface area contributed by atoms with Crippen LogP contribution in [0, 0.1) is 0 Å². The van der Waals surface area contributed by atoms with E-state index >= 15 is 0 Å². The molecule has 0 aliphatic rings. The van der Waals surface area contributed by atoms with Gasteiger partial charge in [0.05, 0.1) is 13.2 Å². The van der Waals surface area contributed by atoms with E-state index in [0.29, 0.717) is 13.2 Å². The summed E-state index contributed by atoms with van der Waals surface area (Å²) in [5.74, 6) is -0.475. The van der Waals surface area contributed by atoms with Crippen LogP contribution in [0.5, 0.6) is 0 Å². The summed E-state index contributed by atoms with van der Waals surface area (Å²) < 4.78 is 5.72. The third kappa shape index (κ3) is 6.64. The van der Waals surface area contributed by atoms with Crippen molar-refractivity contribution in [3.63, 3.8) is 0 Å². The highest BCUT2D eigenvalue weighted by Gasteiger charge is 2.14. The second kappa shape index (κ2) is 9.44. The van der Waals surface area contributed by atoms with Gasteiger partial charge in [0.25, 0.3) is 0 Å². The van der Waals surface area contributed by atoms with Crippen molar-refractivity contribution in [1.82, 2.24) is 5.32 Å². The maximum atomic E-state index is 11.7. The van der Waals surface area contributed by atoms with Gasteiger partial charge in [0.15, 0.2) is 0 Å². The number of nitrogens with one attached hydrogen (secondary N) is 2. The third-order valence-electron chi connectivity index (χ3n) is 3.60. The van der Waals surface area contributed by atoms with Crippen LogP contribution < -0.4 is 16.4 Å². The van der Waals surface area contributed by atoms with Crippen LogP contribution in [-0.2, 0) is 22.6 Å². The highest BCUT2D eigenvalue weighted by molar-refractivity contribution is 5.97. The number of hydrogen-bond acceptors (Lipinski definition) is 4. The number of benzene rings is 2. The summed E-state index contributed by atoms with van der Waals surface area (Å²) in [6.07, 6.45) is 0.864. The van der Waals surface area contributed by atoms with Crippen LogP contribution in [0.25, 0.3) is 0 Å². The fourth-order valence-corrected chi connectivity index (χ4v) is 2.32. The molecule has 25 heavy (non-hydrogen) atoms. The van der Waals surface area contributed by atoms with Crippen LogP contribution in [0.2, 0.25) is 0 Å². The molecular formula is C19H23N3O3. The number of rotatable bonds is 8. The van der Waals surface area contributed by atoms with E-state index in [4.69, 9.17) is 10.5 Å². The number of anilines is 1. The summed E-state index contributed by atoms with van der Waals surface area (Å²) in [5, 5.41) is 5.08. The molecule has 0 heterocycles. The Morgan fingerprint density at radius 3 is 2.52 bits per heavy atom. The molecule has 0 bridgehead atoms. The van der Waals surface area contributed by atoms with Crippen molar-refractivity contribution >= 4 is 17.6 Å². The lowest BCUT2D eigenvalue weighted by atomic mass is 10.1. The van der Waals surface area contributed by atoms with Crippen LogP contribution in [0.15, 0.2) is 54.6 Å². The molecule has 2 aromatic rings. The van der Waals surface area contributed by atoms with Crippen LogP contribution in [0.4, 0.5) is 10.5 Å². The fraction of sp³-hybridized carbons (Fsp3) is 0.263. The predicted octanol–water partition coefficient (Wildman–Crippen LogP) is 2.44. The van der Waals surface area contributed by atoms with E-state index in [-0.39, 0.29) is 0 Å². The van der Waals surface area contributed by atoms with Crippen LogP contribution in [-0.4, -0.2) is 24.6 Å². The Hall–Kier alpha value is -2.86. The van der Waals surface area contributed by atoms with Gasteiger partial charge in [-0.05, 0) is 36.6 Å². The van der Waals surface area contributed by atoms with E-state index in [1.807, 2.05) is 47.8 Å². The summed E-state index contributed by atoms with van der Waals surface area (Å²) in [6, 6.07) is 16.3. The van der Waals surface area contributed by atoms with Crippen molar-refractivity contribution in [3.05, 3.63) is 65.7 Å². The minimum Gasteiger partial charge on any atom is -0.376 e. The summed E-state index contributed by atoms with van der Waals surface area (Å²) in [7, 11) is 0. The van der Waals surface area contributed by atoms with Gasteiger partial charge in [-0.15, -0.1) is 0 Å². The highest BCUT2D eigenvalue weighted by Crippen LogP contribution is 2.13. The van der Waals surface area contributed by atoms with Crippen molar-refractivity contribution in [2.75, 3.05) is 11.9 Å². The Labute approximate surface area is 147 Å². The van der Waals surface area contributed by atoms with Crippen LogP contribution >= 0.6 is 0 Å². The van der Waals surface area contributed by atoms with Crippen molar-refractivity contribution < 1.29 is 14.3 Å². The first-order valence-electron chi connectivity index (χ1n) is 8.12. The number of amides is 3. The molecule has 2 aromatic carbocycles. The molecule has 0 fully saturated rings. The van der Waals surface area contributed by atoms with E-state index in [0.717, 1.165) is 17.7 Å². The number of imide groups is 1. The van der Waals surface area contributed by atoms with Crippen molar-refractivity contribution in [2.24, 2.45) is 5.73 Å². The molecule has 3 amide bonds. The summed E-state index contributed by atoms with van der Waals surface area (Å²) in [5.41, 5.74) is 7.96. The smallest absolute Gasteiger partial charge is 0.318 e. The second-order valence-electron chi connectivity index (χ2n) is 5.71. The maximum absolute atomic E-state index is 11.7. The molecule has 6 nitrogen and oxygen atoms in total. The summed E-state index contributed by atoms with van der Waals surface area (Å²) in [4.78, 5) is 22.4. The fourth-order valence-electron chi connectivity index (χ4n) is 2.32. The standard InChI is InChI=1S/C19H23N3O3/c1-14(18(23)22-19(20)24)21-17-9-5-8-16(12-17)13-25-11-10-15-6-3-2-4-7-15/h2-9,12,14,21H,10-11,13H2,1H3,(H3,20,22,23,24)/t14-/m0/s1. The molecule has 0 aliphatic heterocycles. The number of carbonyl (C=O) groups excluding carboxylic acids is 2. The lowest BCUT2D eigenvalue weighted by Gasteiger charge is -2.14. The minimum absolute atomic E-state index is 0.475. The second-order valence-corrected chi connectivity index (χ2v) is 5.71. The molecule has 0 spiro atoms. The first-order valence-corrected chi connectivity index (χ1v) is 8.12. The lowest BCUT2D eigenvalue weighted by Crippen LogP contribution is -2.43. The number of hydrogen-bond donors (Lipinski definition) is 3. The average Bonchev–Trinajstić information content (AvgIpc) is 2.59. The Balaban J connectivity index is 1.80.